The molecule has 1 unspecified atom stereocenters. The molecule has 1 aromatic heterocycles. The number of rotatable bonds is 6. The minimum atomic E-state index is -1.01. The smallest absolute Gasteiger partial charge is 0.277 e. The second-order valence-corrected chi connectivity index (χ2v) is 7.25. The topological polar surface area (TPSA) is 71.7 Å². The lowest BCUT2D eigenvalue weighted by atomic mass is 10.0. The Kier molecular flexibility index (Phi) is 6.55. The average Bonchev–Trinajstić information content (AvgIpc) is 2.71. The van der Waals surface area contributed by atoms with Gasteiger partial charge in [0.25, 0.3) is 5.56 Å². The van der Waals surface area contributed by atoms with Gasteiger partial charge in [-0.3, -0.25) is 9.36 Å². The van der Waals surface area contributed by atoms with Gasteiger partial charge in [-0.05, 0) is 43.2 Å². The summed E-state index contributed by atoms with van der Waals surface area (Å²) in [6.45, 7) is 2.83. The van der Waals surface area contributed by atoms with Crippen LogP contribution in [-0.2, 0) is 6.61 Å². The highest BCUT2D eigenvalue weighted by Gasteiger charge is 2.17. The Balaban J connectivity index is 1.94. The maximum Gasteiger partial charge on any atom is 0.277 e. The Morgan fingerprint density at radius 3 is 2.50 bits per heavy atom. The summed E-state index contributed by atoms with van der Waals surface area (Å²) >= 11 is 6.22. The quantitative estimate of drug-likeness (QED) is 0.614. The molecule has 3 rings (SSSR count). The molecule has 5 nitrogen and oxygen atoms in total. The number of aromatic nitrogens is 1. The Morgan fingerprint density at radius 1 is 1.13 bits per heavy atom. The Labute approximate surface area is 176 Å². The summed E-state index contributed by atoms with van der Waals surface area (Å²) in [5.74, 6) is -1.36. The van der Waals surface area contributed by atoms with Crippen LogP contribution in [-0.4, -0.2) is 21.4 Å². The Bertz CT molecular complexity index is 1150. The van der Waals surface area contributed by atoms with Gasteiger partial charge in [-0.1, -0.05) is 23.7 Å². The molecule has 30 heavy (non-hydrogen) atoms. The molecule has 158 valence electrons. The highest BCUT2D eigenvalue weighted by atomic mass is 35.5. The van der Waals surface area contributed by atoms with E-state index in [9.17, 15) is 18.7 Å². The first-order valence-electron chi connectivity index (χ1n) is 9.11. The molecular formula is C22H20ClF2NO4. The second kappa shape index (κ2) is 8.95. The molecule has 0 amide bonds. The maximum absolute atomic E-state index is 13.8. The van der Waals surface area contributed by atoms with E-state index in [1.54, 1.807) is 38.1 Å². The molecule has 0 aliphatic heterocycles. The molecule has 2 N–H and O–H groups in total. The van der Waals surface area contributed by atoms with E-state index in [-0.39, 0.29) is 22.9 Å². The van der Waals surface area contributed by atoms with Crippen molar-refractivity contribution >= 4 is 11.6 Å². The van der Waals surface area contributed by atoms with E-state index in [2.05, 4.69) is 0 Å². The second-order valence-electron chi connectivity index (χ2n) is 6.87. The van der Waals surface area contributed by atoms with E-state index < -0.39 is 29.9 Å². The van der Waals surface area contributed by atoms with Gasteiger partial charge >= 0.3 is 0 Å². The largest absolute Gasteiger partial charge is 0.487 e. The van der Waals surface area contributed by atoms with Crippen LogP contribution in [0, 0.1) is 25.5 Å². The zero-order valence-electron chi connectivity index (χ0n) is 16.3. The van der Waals surface area contributed by atoms with Crippen LogP contribution >= 0.6 is 11.6 Å². The van der Waals surface area contributed by atoms with Crippen molar-refractivity contribution in [2.24, 2.45) is 0 Å². The summed E-state index contributed by atoms with van der Waals surface area (Å²) in [6, 6.07) is 9.64. The van der Waals surface area contributed by atoms with Gasteiger partial charge in [-0.15, -0.1) is 0 Å². The van der Waals surface area contributed by atoms with Crippen molar-refractivity contribution in [3.05, 3.63) is 91.9 Å². The first-order valence-corrected chi connectivity index (χ1v) is 9.49. The van der Waals surface area contributed by atoms with Crippen molar-refractivity contribution in [2.45, 2.75) is 26.6 Å². The standard InChI is InChI=1S/C22H20ClF2NO4/c1-12-7-14(19(28)10-27)4-6-18(12)26-13(2)8-20(21(23)22(26)29)30-11-15-3-5-16(24)9-17(15)25/h3-9,19,27-28H,10-11H2,1-2H3. The molecule has 8 heteroatoms. The fourth-order valence-electron chi connectivity index (χ4n) is 3.12. The lowest BCUT2D eigenvalue weighted by Crippen LogP contribution is -2.22. The number of aliphatic hydroxyl groups excluding tert-OH is 2. The molecule has 0 saturated carbocycles. The number of nitrogens with zero attached hydrogens (tertiary/aromatic N) is 1. The molecule has 0 fully saturated rings. The fraction of sp³-hybridized carbons (Fsp3) is 0.227. The van der Waals surface area contributed by atoms with Crippen LogP contribution in [0.1, 0.15) is 28.5 Å². The number of aryl methyl sites for hydroxylation is 2. The van der Waals surface area contributed by atoms with Gasteiger partial charge in [0, 0.05) is 23.4 Å². The molecule has 0 bridgehead atoms. The maximum atomic E-state index is 13.8. The van der Waals surface area contributed by atoms with Gasteiger partial charge in [0.15, 0.2) is 0 Å². The monoisotopic (exact) mass is 435 g/mol. The lowest BCUT2D eigenvalue weighted by Gasteiger charge is -2.17. The van der Waals surface area contributed by atoms with E-state index in [1.807, 2.05) is 0 Å². The van der Waals surface area contributed by atoms with Crippen molar-refractivity contribution in [3.8, 4) is 11.4 Å². The number of halogens is 3. The molecule has 0 aliphatic carbocycles. The van der Waals surface area contributed by atoms with E-state index in [0.29, 0.717) is 22.5 Å². The van der Waals surface area contributed by atoms with E-state index in [1.165, 1.54) is 10.6 Å². The molecule has 1 heterocycles. The molecule has 3 aromatic rings. The molecule has 0 spiro atoms. The zero-order chi connectivity index (χ0) is 22.0. The highest BCUT2D eigenvalue weighted by molar-refractivity contribution is 6.31. The summed E-state index contributed by atoms with van der Waals surface area (Å²) in [7, 11) is 0. The number of hydrogen-bond acceptors (Lipinski definition) is 4. The molecule has 0 aliphatic rings. The highest BCUT2D eigenvalue weighted by Crippen LogP contribution is 2.27. The Morgan fingerprint density at radius 2 is 1.87 bits per heavy atom. The molecular weight excluding hydrogens is 416 g/mol. The summed E-state index contributed by atoms with van der Waals surface area (Å²) in [4.78, 5) is 12.9. The predicted octanol–water partition coefficient (Wildman–Crippen LogP) is 3.99. The summed E-state index contributed by atoms with van der Waals surface area (Å²) < 4.78 is 33.8. The van der Waals surface area contributed by atoms with Crippen molar-refractivity contribution < 1.29 is 23.7 Å². The third kappa shape index (κ3) is 4.38. The van der Waals surface area contributed by atoms with Crippen molar-refractivity contribution in [3.63, 3.8) is 0 Å². The first-order chi connectivity index (χ1) is 14.2. The van der Waals surface area contributed by atoms with Crippen molar-refractivity contribution in [2.75, 3.05) is 6.61 Å². The normalized spacial score (nSPS) is 12.1. The van der Waals surface area contributed by atoms with Crippen LogP contribution in [0.15, 0.2) is 47.3 Å². The number of benzene rings is 2. The molecule has 2 aromatic carbocycles. The van der Waals surface area contributed by atoms with Gasteiger partial charge in [-0.2, -0.15) is 0 Å². The van der Waals surface area contributed by atoms with Crippen molar-refractivity contribution in [1.29, 1.82) is 0 Å². The van der Waals surface area contributed by atoms with Gasteiger partial charge in [0.05, 0.1) is 12.3 Å². The number of pyridine rings is 1. The summed E-state index contributed by atoms with van der Waals surface area (Å²) in [5, 5.41) is 18.7. The van der Waals surface area contributed by atoms with Crippen LogP contribution in [0.2, 0.25) is 5.02 Å². The molecule has 0 radical (unpaired) electrons. The van der Waals surface area contributed by atoms with E-state index in [4.69, 9.17) is 21.4 Å². The summed E-state index contributed by atoms with van der Waals surface area (Å²) in [6.07, 6.45) is -1.01. The minimum Gasteiger partial charge on any atom is -0.487 e. The zero-order valence-corrected chi connectivity index (χ0v) is 17.1. The van der Waals surface area contributed by atoms with Crippen LogP contribution in [0.5, 0.6) is 5.75 Å². The summed E-state index contributed by atoms with van der Waals surface area (Å²) in [5.41, 5.74) is 1.91. The van der Waals surface area contributed by atoms with Crippen LogP contribution in [0.4, 0.5) is 8.78 Å². The minimum absolute atomic E-state index is 0.0871. The predicted molar refractivity (Wildman–Crippen MR) is 109 cm³/mol. The number of ether oxygens (including phenoxy) is 1. The number of aliphatic hydroxyl groups is 2. The third-order valence-corrected chi connectivity index (χ3v) is 5.07. The first kappa shape index (κ1) is 22.0. The van der Waals surface area contributed by atoms with Gasteiger partial charge in [0.2, 0.25) is 0 Å². The third-order valence-electron chi connectivity index (χ3n) is 4.72. The van der Waals surface area contributed by atoms with E-state index in [0.717, 1.165) is 12.1 Å². The van der Waals surface area contributed by atoms with Crippen molar-refractivity contribution in [1.82, 2.24) is 4.57 Å². The average molecular weight is 436 g/mol. The van der Waals surface area contributed by atoms with Gasteiger partial charge in [0.1, 0.15) is 35.1 Å². The van der Waals surface area contributed by atoms with Crippen LogP contribution in [0.25, 0.3) is 5.69 Å². The lowest BCUT2D eigenvalue weighted by molar-refractivity contribution is 0.0956. The fourth-order valence-corrected chi connectivity index (χ4v) is 3.32. The van der Waals surface area contributed by atoms with Crippen LogP contribution in [0.3, 0.4) is 0 Å². The Hall–Kier alpha value is -2.74. The SMILES string of the molecule is Cc1cc(C(O)CO)ccc1-n1c(C)cc(OCc2ccc(F)cc2F)c(Cl)c1=O. The number of hydrogen-bond donors (Lipinski definition) is 2. The van der Waals surface area contributed by atoms with Gasteiger partial charge < -0.3 is 14.9 Å². The van der Waals surface area contributed by atoms with Gasteiger partial charge in [-0.25, -0.2) is 8.78 Å². The van der Waals surface area contributed by atoms with Crippen LogP contribution < -0.4 is 10.3 Å². The van der Waals surface area contributed by atoms with E-state index >= 15 is 0 Å². The molecule has 1 atom stereocenters. The molecule has 0 saturated heterocycles.